The van der Waals surface area contributed by atoms with E-state index in [-0.39, 0.29) is 12.1 Å². The first kappa shape index (κ1) is 16.7. The average Bonchev–Trinajstić information content (AvgIpc) is 3.29. The number of amidine groups is 1. The summed E-state index contributed by atoms with van der Waals surface area (Å²) in [5.41, 5.74) is 7.89. The maximum atomic E-state index is 12.0. The van der Waals surface area contributed by atoms with Gasteiger partial charge in [-0.1, -0.05) is 0 Å². The maximum absolute atomic E-state index is 12.0. The van der Waals surface area contributed by atoms with E-state index < -0.39 is 5.60 Å². The number of carbonyl (C=O) groups excluding carboxylic acids is 1. The van der Waals surface area contributed by atoms with Crippen molar-refractivity contribution in [2.24, 2.45) is 10.7 Å². The van der Waals surface area contributed by atoms with E-state index in [1.807, 2.05) is 27.0 Å². The molecular weight excluding hydrogens is 306 g/mol. The molecule has 4 N–H and O–H groups in total. The lowest BCUT2D eigenvalue weighted by atomic mass is 10.0. The molecule has 2 fully saturated rings. The molecule has 3 rings (SSSR count). The molecule has 24 heavy (non-hydrogen) atoms. The van der Waals surface area contributed by atoms with Crippen LogP contribution in [-0.4, -0.2) is 41.6 Å². The van der Waals surface area contributed by atoms with Gasteiger partial charge in [-0.3, -0.25) is 0 Å². The van der Waals surface area contributed by atoms with Crippen molar-refractivity contribution < 1.29 is 9.53 Å². The summed E-state index contributed by atoms with van der Waals surface area (Å²) < 4.78 is 5.34. The zero-order valence-electron chi connectivity index (χ0n) is 14.7. The van der Waals surface area contributed by atoms with Crippen LogP contribution < -0.4 is 16.4 Å². The minimum Gasteiger partial charge on any atom is -0.444 e. The Bertz CT molecular complexity index is 609. The molecule has 0 aromatic heterocycles. The molecular formula is C17H27N5O2. The number of amides is 1. The van der Waals surface area contributed by atoms with Crippen molar-refractivity contribution in [3.63, 3.8) is 0 Å². The van der Waals surface area contributed by atoms with E-state index in [2.05, 4.69) is 20.5 Å². The number of nitrogens with zero attached hydrogens (tertiary/aromatic N) is 2. The first-order valence-corrected chi connectivity index (χ1v) is 8.59. The number of likely N-dealkylation sites (tertiary alicyclic amines) is 1. The molecule has 1 saturated carbocycles. The lowest BCUT2D eigenvalue weighted by Crippen LogP contribution is -2.50. The number of alkyl carbamates (subject to hydrolysis) is 1. The molecule has 2 aliphatic heterocycles. The monoisotopic (exact) mass is 333 g/mol. The molecule has 1 saturated heterocycles. The molecule has 7 heteroatoms. The Morgan fingerprint density at radius 3 is 2.83 bits per heavy atom. The molecule has 0 aromatic rings. The summed E-state index contributed by atoms with van der Waals surface area (Å²) in [7, 11) is 0. The average molecular weight is 333 g/mol. The van der Waals surface area contributed by atoms with Gasteiger partial charge in [0.05, 0.1) is 5.70 Å². The van der Waals surface area contributed by atoms with E-state index in [1.165, 1.54) is 5.57 Å². The van der Waals surface area contributed by atoms with Gasteiger partial charge in [-0.15, -0.1) is 0 Å². The summed E-state index contributed by atoms with van der Waals surface area (Å²) in [5.74, 6) is 1.44. The van der Waals surface area contributed by atoms with E-state index in [9.17, 15) is 4.79 Å². The molecule has 0 radical (unpaired) electrons. The highest BCUT2D eigenvalue weighted by Crippen LogP contribution is 2.32. The van der Waals surface area contributed by atoms with Gasteiger partial charge >= 0.3 is 6.09 Å². The van der Waals surface area contributed by atoms with Crippen molar-refractivity contribution in [1.82, 2.24) is 15.5 Å². The first-order chi connectivity index (χ1) is 11.3. The summed E-state index contributed by atoms with van der Waals surface area (Å²) in [6.07, 6.45) is 5.69. The summed E-state index contributed by atoms with van der Waals surface area (Å²) in [6.45, 7) is 7.20. The third kappa shape index (κ3) is 4.21. The zero-order chi connectivity index (χ0) is 17.3. The normalized spacial score (nSPS) is 24.0. The fraction of sp³-hybridized carbons (Fsp3) is 0.647. The smallest absolute Gasteiger partial charge is 0.407 e. The Balaban J connectivity index is 1.59. The number of aliphatic imine (C=N–C) groups is 1. The third-order valence-corrected chi connectivity index (χ3v) is 4.16. The minimum atomic E-state index is -0.488. The van der Waals surface area contributed by atoms with Crippen LogP contribution >= 0.6 is 0 Å². The Hall–Kier alpha value is -2.18. The molecule has 1 amide bonds. The summed E-state index contributed by atoms with van der Waals surface area (Å²) in [5, 5.41) is 6.20. The summed E-state index contributed by atoms with van der Waals surface area (Å²) >= 11 is 0. The van der Waals surface area contributed by atoms with Crippen LogP contribution in [-0.2, 0) is 4.74 Å². The Labute approximate surface area is 143 Å². The van der Waals surface area contributed by atoms with Crippen LogP contribution in [0.25, 0.3) is 0 Å². The summed E-state index contributed by atoms with van der Waals surface area (Å²) in [4.78, 5) is 18.6. The number of hydrogen-bond acceptors (Lipinski definition) is 6. The van der Waals surface area contributed by atoms with Gasteiger partial charge in [0.2, 0.25) is 0 Å². The molecule has 1 atom stereocenters. The molecule has 132 valence electrons. The zero-order valence-corrected chi connectivity index (χ0v) is 14.7. The second-order valence-corrected chi connectivity index (χ2v) is 7.55. The third-order valence-electron chi connectivity index (χ3n) is 4.16. The Morgan fingerprint density at radius 2 is 2.21 bits per heavy atom. The lowest BCUT2D eigenvalue weighted by Gasteiger charge is -2.36. The van der Waals surface area contributed by atoms with E-state index in [0.717, 1.165) is 43.7 Å². The van der Waals surface area contributed by atoms with Gasteiger partial charge in [0.1, 0.15) is 11.4 Å². The first-order valence-electron chi connectivity index (χ1n) is 8.59. The largest absolute Gasteiger partial charge is 0.444 e. The number of nitrogens with one attached hydrogen (secondary N) is 2. The molecule has 1 unspecified atom stereocenters. The van der Waals surface area contributed by atoms with Crippen LogP contribution in [0.4, 0.5) is 4.79 Å². The van der Waals surface area contributed by atoms with Crippen molar-refractivity contribution in [2.45, 2.75) is 58.1 Å². The van der Waals surface area contributed by atoms with Crippen LogP contribution in [0.5, 0.6) is 0 Å². The second kappa shape index (κ2) is 6.37. The number of nitrogens with two attached hydrogens (primary N) is 1. The minimum absolute atomic E-state index is 0.0467. The Kier molecular flexibility index (Phi) is 4.43. The second-order valence-electron chi connectivity index (χ2n) is 7.55. The van der Waals surface area contributed by atoms with Crippen molar-refractivity contribution in [3.05, 3.63) is 23.3 Å². The molecule has 2 heterocycles. The van der Waals surface area contributed by atoms with Crippen molar-refractivity contribution in [3.8, 4) is 0 Å². The molecule has 0 spiro atoms. The highest BCUT2D eigenvalue weighted by Gasteiger charge is 2.28. The van der Waals surface area contributed by atoms with Crippen LogP contribution in [0.3, 0.4) is 0 Å². The molecule has 7 nitrogen and oxygen atoms in total. The fourth-order valence-electron chi connectivity index (χ4n) is 2.94. The van der Waals surface area contributed by atoms with Crippen molar-refractivity contribution in [1.29, 1.82) is 0 Å². The van der Waals surface area contributed by atoms with Crippen LogP contribution in [0.1, 0.15) is 46.5 Å². The van der Waals surface area contributed by atoms with Crippen LogP contribution in [0.2, 0.25) is 0 Å². The number of carbonyl (C=O) groups is 1. The number of ether oxygens (including phenoxy) is 1. The molecule has 0 bridgehead atoms. The van der Waals surface area contributed by atoms with E-state index in [1.54, 1.807) is 0 Å². The Morgan fingerprint density at radius 1 is 1.46 bits per heavy atom. The predicted molar refractivity (Wildman–Crippen MR) is 93.1 cm³/mol. The maximum Gasteiger partial charge on any atom is 0.407 e. The van der Waals surface area contributed by atoms with Gasteiger partial charge in [-0.05, 0) is 52.0 Å². The van der Waals surface area contributed by atoms with Gasteiger partial charge in [0, 0.05) is 25.3 Å². The number of hydrogen-bond donors (Lipinski definition) is 3. The molecule has 0 aromatic carbocycles. The highest BCUT2D eigenvalue weighted by atomic mass is 16.6. The fourth-order valence-corrected chi connectivity index (χ4v) is 2.94. The standard InChI is InChI=1S/C17H27N5O2/c1-17(2,3)24-16(23)20-12-5-4-8-22(10-12)13-9-19-15(11-6-7-11)21-14(13)18/h9,12,19H,4-8,10H2,1-3H3,(H2,18,21)(H,20,23). The topological polar surface area (TPSA) is 92.0 Å². The quantitative estimate of drug-likeness (QED) is 0.716. The van der Waals surface area contributed by atoms with E-state index >= 15 is 0 Å². The van der Waals surface area contributed by atoms with Gasteiger partial charge < -0.3 is 26.0 Å². The number of piperidine rings is 1. The lowest BCUT2D eigenvalue weighted by molar-refractivity contribution is 0.0481. The van der Waals surface area contributed by atoms with E-state index in [0.29, 0.717) is 12.4 Å². The number of allylic oxidation sites excluding steroid dienone is 1. The van der Waals surface area contributed by atoms with Gasteiger partial charge in [0.15, 0.2) is 5.84 Å². The molecule has 3 aliphatic rings. The van der Waals surface area contributed by atoms with Gasteiger partial charge in [0.25, 0.3) is 0 Å². The SMILES string of the molecule is CC(C)(C)OC(=O)NC1CCCN(C2=CNC(=C3CC3)N=C2N)C1. The highest BCUT2D eigenvalue weighted by molar-refractivity contribution is 5.97. The van der Waals surface area contributed by atoms with Crippen LogP contribution in [0.15, 0.2) is 28.3 Å². The van der Waals surface area contributed by atoms with Crippen molar-refractivity contribution in [2.75, 3.05) is 13.1 Å². The van der Waals surface area contributed by atoms with Crippen LogP contribution in [0, 0.1) is 0 Å². The molecule has 1 aliphatic carbocycles. The predicted octanol–water partition coefficient (Wildman–Crippen LogP) is 1.78. The van der Waals surface area contributed by atoms with E-state index in [4.69, 9.17) is 10.5 Å². The van der Waals surface area contributed by atoms with Crippen molar-refractivity contribution >= 4 is 11.9 Å². The number of rotatable bonds is 2. The van der Waals surface area contributed by atoms with Gasteiger partial charge in [-0.25, -0.2) is 9.79 Å². The summed E-state index contributed by atoms with van der Waals surface area (Å²) in [6, 6.07) is 0.0467. The van der Waals surface area contributed by atoms with Gasteiger partial charge in [-0.2, -0.15) is 0 Å².